The Hall–Kier alpha value is -1.90. The molecule has 1 heterocycles. The van der Waals surface area contributed by atoms with Gasteiger partial charge in [-0.05, 0) is 19.1 Å². The van der Waals surface area contributed by atoms with Crippen molar-refractivity contribution in [3.63, 3.8) is 0 Å². The third-order valence-corrected chi connectivity index (χ3v) is 4.87. The van der Waals surface area contributed by atoms with Crippen molar-refractivity contribution >= 4 is 35.0 Å². The number of thiazole rings is 1. The minimum atomic E-state index is -0.518. The molecule has 0 bridgehead atoms. The van der Waals surface area contributed by atoms with Crippen molar-refractivity contribution in [1.29, 1.82) is 0 Å². The van der Waals surface area contributed by atoms with Crippen molar-refractivity contribution in [3.05, 3.63) is 46.4 Å². The van der Waals surface area contributed by atoms with Crippen molar-refractivity contribution in [2.45, 2.75) is 23.6 Å². The van der Waals surface area contributed by atoms with Crippen molar-refractivity contribution in [2.75, 3.05) is 20.3 Å². The Labute approximate surface area is 154 Å². The van der Waals surface area contributed by atoms with Crippen LogP contribution < -0.4 is 5.32 Å². The third-order valence-electron chi connectivity index (χ3n) is 3.12. The van der Waals surface area contributed by atoms with Crippen LogP contribution >= 0.6 is 23.1 Å². The second kappa shape index (κ2) is 10.2. The topological polar surface area (TPSA) is 77.5 Å². The van der Waals surface area contributed by atoms with E-state index in [-0.39, 0.29) is 18.6 Å². The van der Waals surface area contributed by atoms with E-state index < -0.39 is 5.97 Å². The predicted octanol–water partition coefficient (Wildman–Crippen LogP) is 2.74. The molecule has 2 rings (SSSR count). The molecule has 0 radical (unpaired) electrons. The Balaban J connectivity index is 1.89. The van der Waals surface area contributed by atoms with Crippen LogP contribution in [-0.2, 0) is 20.0 Å². The van der Waals surface area contributed by atoms with Gasteiger partial charge in [-0.15, -0.1) is 23.1 Å². The maximum Gasteiger partial charge on any atom is 0.339 e. The number of nitrogens with one attached hydrogen (secondary N) is 1. The lowest BCUT2D eigenvalue weighted by Crippen LogP contribution is -2.38. The number of hydrogen-bond acceptors (Lipinski definition) is 7. The van der Waals surface area contributed by atoms with Crippen LogP contribution in [0.2, 0.25) is 0 Å². The summed E-state index contributed by atoms with van der Waals surface area (Å²) in [6.07, 6.45) is 0. The summed E-state index contributed by atoms with van der Waals surface area (Å²) in [5.41, 5.74) is 3.18. The maximum atomic E-state index is 12.3. The highest BCUT2D eigenvalue weighted by atomic mass is 32.2. The standard InChI is InChI=1S/C17H20N2O4S2/c1-12(7-22-2)19-16(20)8-23-17(21)14-5-3-4-6-15(14)25-10-13-9-24-11-18-13/h3-6,9,11-12H,7-8,10H2,1-2H3,(H,19,20). The molecule has 0 spiro atoms. The zero-order valence-electron chi connectivity index (χ0n) is 14.1. The second-order valence-electron chi connectivity index (χ2n) is 5.26. The molecule has 0 aliphatic rings. The Morgan fingerprint density at radius 3 is 2.88 bits per heavy atom. The highest BCUT2D eigenvalue weighted by molar-refractivity contribution is 7.98. The summed E-state index contributed by atoms with van der Waals surface area (Å²) in [5.74, 6) is -0.204. The molecular weight excluding hydrogens is 360 g/mol. The molecule has 1 atom stereocenters. The van der Waals surface area contributed by atoms with Gasteiger partial charge in [0.2, 0.25) is 0 Å². The van der Waals surface area contributed by atoms with Gasteiger partial charge in [0, 0.05) is 29.2 Å². The molecule has 1 unspecified atom stereocenters. The normalized spacial score (nSPS) is 11.8. The summed E-state index contributed by atoms with van der Waals surface area (Å²) in [5, 5.41) is 4.66. The number of methoxy groups -OCH3 is 1. The van der Waals surface area contributed by atoms with Crippen LogP contribution in [-0.4, -0.2) is 43.2 Å². The van der Waals surface area contributed by atoms with Gasteiger partial charge < -0.3 is 14.8 Å². The van der Waals surface area contributed by atoms with Crippen LogP contribution in [0.1, 0.15) is 23.0 Å². The van der Waals surface area contributed by atoms with Gasteiger partial charge in [-0.25, -0.2) is 9.78 Å². The number of carbonyl (C=O) groups excluding carboxylic acids is 2. The van der Waals surface area contributed by atoms with E-state index in [9.17, 15) is 9.59 Å². The molecule has 0 aliphatic heterocycles. The minimum Gasteiger partial charge on any atom is -0.452 e. The molecule has 1 N–H and O–H groups in total. The summed E-state index contributed by atoms with van der Waals surface area (Å²) >= 11 is 3.05. The van der Waals surface area contributed by atoms with Gasteiger partial charge in [-0.2, -0.15) is 0 Å². The molecule has 134 valence electrons. The van der Waals surface area contributed by atoms with E-state index >= 15 is 0 Å². The Morgan fingerprint density at radius 2 is 2.16 bits per heavy atom. The minimum absolute atomic E-state index is 0.142. The van der Waals surface area contributed by atoms with E-state index in [1.165, 1.54) is 23.1 Å². The summed E-state index contributed by atoms with van der Waals surface area (Å²) in [4.78, 5) is 29.1. The quantitative estimate of drug-likeness (QED) is 0.532. The number of benzene rings is 1. The van der Waals surface area contributed by atoms with Crippen LogP contribution in [0.3, 0.4) is 0 Å². The fraction of sp³-hybridized carbons (Fsp3) is 0.353. The largest absolute Gasteiger partial charge is 0.452 e. The lowest BCUT2D eigenvalue weighted by Gasteiger charge is -2.13. The maximum absolute atomic E-state index is 12.3. The fourth-order valence-electron chi connectivity index (χ4n) is 2.04. The van der Waals surface area contributed by atoms with Crippen molar-refractivity contribution in [1.82, 2.24) is 10.3 Å². The number of carbonyl (C=O) groups is 2. The van der Waals surface area contributed by atoms with E-state index in [0.29, 0.717) is 17.9 Å². The number of aromatic nitrogens is 1. The lowest BCUT2D eigenvalue weighted by molar-refractivity contribution is -0.125. The van der Waals surface area contributed by atoms with Crippen molar-refractivity contribution < 1.29 is 19.1 Å². The SMILES string of the molecule is COCC(C)NC(=O)COC(=O)c1ccccc1SCc1cscn1. The van der Waals surface area contributed by atoms with Crippen LogP contribution in [0.4, 0.5) is 0 Å². The monoisotopic (exact) mass is 380 g/mol. The van der Waals surface area contributed by atoms with E-state index in [4.69, 9.17) is 9.47 Å². The molecule has 0 saturated carbocycles. The first-order chi connectivity index (χ1) is 12.1. The summed E-state index contributed by atoms with van der Waals surface area (Å²) in [6, 6.07) is 7.03. The fourth-order valence-corrected chi connectivity index (χ4v) is 3.65. The molecule has 1 aromatic heterocycles. The zero-order chi connectivity index (χ0) is 18.1. The highest BCUT2D eigenvalue weighted by Gasteiger charge is 2.15. The Kier molecular flexibility index (Phi) is 7.90. The van der Waals surface area contributed by atoms with Gasteiger partial charge in [0.15, 0.2) is 6.61 Å². The third kappa shape index (κ3) is 6.49. The van der Waals surface area contributed by atoms with E-state index in [1.807, 2.05) is 24.4 Å². The lowest BCUT2D eigenvalue weighted by atomic mass is 10.2. The smallest absolute Gasteiger partial charge is 0.339 e. The molecule has 1 amide bonds. The average Bonchev–Trinajstić information content (AvgIpc) is 3.12. The predicted molar refractivity (Wildman–Crippen MR) is 97.9 cm³/mol. The van der Waals surface area contributed by atoms with Gasteiger partial charge in [0.25, 0.3) is 5.91 Å². The summed E-state index contributed by atoms with van der Waals surface area (Å²) in [6.45, 7) is 1.89. The second-order valence-corrected chi connectivity index (χ2v) is 7.00. The molecule has 0 fully saturated rings. The molecule has 0 saturated heterocycles. The van der Waals surface area contributed by atoms with Crippen molar-refractivity contribution in [3.8, 4) is 0 Å². The highest BCUT2D eigenvalue weighted by Crippen LogP contribution is 2.26. The summed E-state index contributed by atoms with van der Waals surface area (Å²) in [7, 11) is 1.56. The van der Waals surface area contributed by atoms with Gasteiger partial charge in [0.1, 0.15) is 0 Å². The first-order valence-electron chi connectivity index (χ1n) is 7.64. The molecule has 0 aliphatic carbocycles. The number of rotatable bonds is 9. The van der Waals surface area contributed by atoms with Crippen LogP contribution in [0.15, 0.2) is 40.1 Å². The molecular formula is C17H20N2O4S2. The Bertz CT molecular complexity index is 692. The molecule has 2 aromatic rings. The van der Waals surface area contributed by atoms with Crippen LogP contribution in [0.5, 0.6) is 0 Å². The number of thioether (sulfide) groups is 1. The average molecular weight is 380 g/mol. The van der Waals surface area contributed by atoms with Crippen LogP contribution in [0.25, 0.3) is 0 Å². The van der Waals surface area contributed by atoms with E-state index in [0.717, 1.165) is 10.6 Å². The number of esters is 1. The number of ether oxygens (including phenoxy) is 2. The van der Waals surface area contributed by atoms with Crippen LogP contribution in [0, 0.1) is 0 Å². The van der Waals surface area contributed by atoms with E-state index in [1.54, 1.807) is 24.8 Å². The molecule has 25 heavy (non-hydrogen) atoms. The molecule has 6 nitrogen and oxygen atoms in total. The van der Waals surface area contributed by atoms with Gasteiger partial charge in [-0.3, -0.25) is 4.79 Å². The number of nitrogens with zero attached hydrogens (tertiary/aromatic N) is 1. The Morgan fingerprint density at radius 1 is 1.36 bits per heavy atom. The van der Waals surface area contributed by atoms with Gasteiger partial charge in [-0.1, -0.05) is 12.1 Å². The van der Waals surface area contributed by atoms with E-state index in [2.05, 4.69) is 10.3 Å². The number of hydrogen-bond donors (Lipinski definition) is 1. The first-order valence-corrected chi connectivity index (χ1v) is 9.57. The molecule has 8 heteroatoms. The summed E-state index contributed by atoms with van der Waals surface area (Å²) < 4.78 is 10.1. The van der Waals surface area contributed by atoms with Gasteiger partial charge in [0.05, 0.1) is 23.4 Å². The van der Waals surface area contributed by atoms with Crippen molar-refractivity contribution in [2.24, 2.45) is 0 Å². The van der Waals surface area contributed by atoms with Gasteiger partial charge >= 0.3 is 5.97 Å². The first kappa shape index (κ1) is 19.4. The molecule has 1 aromatic carbocycles. The zero-order valence-corrected chi connectivity index (χ0v) is 15.7. The number of amides is 1.